The molecule has 104 valence electrons. The first-order valence-electron chi connectivity index (χ1n) is 6.17. The molecule has 0 aromatic carbocycles. The molecule has 3 N–H and O–H groups in total. The highest BCUT2D eigenvalue weighted by Crippen LogP contribution is 2.25. The number of rotatable bonds is 4. The highest BCUT2D eigenvalue weighted by Gasteiger charge is 2.34. The van der Waals surface area contributed by atoms with Gasteiger partial charge in [-0.2, -0.15) is 0 Å². The number of carboxylic acids is 1. The second-order valence-electron chi connectivity index (χ2n) is 5.60. The van der Waals surface area contributed by atoms with Gasteiger partial charge in [-0.1, -0.05) is 6.42 Å². The summed E-state index contributed by atoms with van der Waals surface area (Å²) in [5.41, 5.74) is -0.964. The molecule has 0 saturated heterocycles. The van der Waals surface area contributed by atoms with E-state index in [0.717, 1.165) is 6.42 Å². The monoisotopic (exact) mass is 258 g/mol. The Kier molecular flexibility index (Phi) is 4.56. The number of hydrogen-bond acceptors (Lipinski definition) is 3. The lowest BCUT2D eigenvalue weighted by molar-refractivity contribution is -0.142. The number of nitrogens with zero attached hydrogens (tertiary/aromatic N) is 1. The maximum atomic E-state index is 11.9. The number of carbonyl (C=O) groups excluding carboxylic acids is 1. The zero-order valence-electron chi connectivity index (χ0n) is 11.1. The van der Waals surface area contributed by atoms with Crippen LogP contribution in [0.1, 0.15) is 33.1 Å². The maximum Gasteiger partial charge on any atom is 0.317 e. The Labute approximate surface area is 107 Å². The molecular formula is C12H22N2O4. The fourth-order valence-corrected chi connectivity index (χ4v) is 2.35. The molecule has 1 rings (SSSR count). The van der Waals surface area contributed by atoms with E-state index in [1.165, 1.54) is 4.90 Å². The van der Waals surface area contributed by atoms with Gasteiger partial charge in [-0.15, -0.1) is 0 Å². The van der Waals surface area contributed by atoms with Crippen molar-refractivity contribution in [2.45, 2.75) is 44.8 Å². The number of aliphatic carboxylic acids is 1. The SMILES string of the molecule is CN(CC(C)(C)O)C(=O)NC1CCCC1C(=O)O. The van der Waals surface area contributed by atoms with E-state index in [9.17, 15) is 14.7 Å². The van der Waals surface area contributed by atoms with Crippen LogP contribution in [-0.4, -0.2) is 52.3 Å². The number of hydrogen-bond donors (Lipinski definition) is 3. The van der Waals surface area contributed by atoms with Crippen molar-refractivity contribution in [2.75, 3.05) is 13.6 Å². The largest absolute Gasteiger partial charge is 0.481 e. The zero-order chi connectivity index (χ0) is 13.9. The van der Waals surface area contributed by atoms with E-state index in [2.05, 4.69) is 5.32 Å². The Morgan fingerprint density at radius 2 is 2.00 bits per heavy atom. The molecule has 0 radical (unpaired) electrons. The van der Waals surface area contributed by atoms with Crippen LogP contribution in [0.3, 0.4) is 0 Å². The summed E-state index contributed by atoms with van der Waals surface area (Å²) < 4.78 is 0. The molecule has 0 aromatic heterocycles. The van der Waals surface area contributed by atoms with E-state index in [-0.39, 0.29) is 18.6 Å². The molecule has 0 aromatic rings. The van der Waals surface area contributed by atoms with Gasteiger partial charge in [0.15, 0.2) is 0 Å². The van der Waals surface area contributed by atoms with Gasteiger partial charge in [0.2, 0.25) is 0 Å². The minimum atomic E-state index is -0.964. The smallest absolute Gasteiger partial charge is 0.317 e. The van der Waals surface area contributed by atoms with Crippen LogP contribution < -0.4 is 5.32 Å². The molecule has 2 atom stereocenters. The molecule has 6 heteroatoms. The van der Waals surface area contributed by atoms with E-state index in [1.807, 2.05) is 0 Å². The van der Waals surface area contributed by atoms with Gasteiger partial charge < -0.3 is 20.4 Å². The van der Waals surface area contributed by atoms with E-state index in [0.29, 0.717) is 12.8 Å². The van der Waals surface area contributed by atoms with E-state index >= 15 is 0 Å². The summed E-state index contributed by atoms with van der Waals surface area (Å²) in [5.74, 6) is -1.35. The quantitative estimate of drug-likeness (QED) is 0.690. The van der Waals surface area contributed by atoms with Crippen LogP contribution in [0, 0.1) is 5.92 Å². The average molecular weight is 258 g/mol. The van der Waals surface area contributed by atoms with E-state index in [1.54, 1.807) is 20.9 Å². The van der Waals surface area contributed by atoms with Crippen molar-refractivity contribution in [3.05, 3.63) is 0 Å². The molecule has 1 aliphatic carbocycles. The molecule has 6 nitrogen and oxygen atoms in total. The Bertz CT molecular complexity index is 325. The van der Waals surface area contributed by atoms with Crippen molar-refractivity contribution in [1.82, 2.24) is 10.2 Å². The molecule has 0 spiro atoms. The predicted molar refractivity (Wildman–Crippen MR) is 66.2 cm³/mol. The third kappa shape index (κ3) is 4.18. The maximum absolute atomic E-state index is 11.9. The number of amides is 2. The molecule has 0 aliphatic heterocycles. The van der Waals surface area contributed by atoms with Gasteiger partial charge in [-0.25, -0.2) is 4.79 Å². The number of nitrogens with one attached hydrogen (secondary N) is 1. The number of carboxylic acid groups (broad SMARTS) is 1. The molecule has 0 heterocycles. The Hall–Kier alpha value is -1.30. The topological polar surface area (TPSA) is 89.9 Å². The van der Waals surface area contributed by atoms with Gasteiger partial charge in [-0.3, -0.25) is 4.79 Å². The molecular weight excluding hydrogens is 236 g/mol. The van der Waals surface area contributed by atoms with Crippen molar-refractivity contribution in [3.63, 3.8) is 0 Å². The van der Waals surface area contributed by atoms with Crippen LogP contribution in [0.5, 0.6) is 0 Å². The third-order valence-corrected chi connectivity index (χ3v) is 3.11. The first-order valence-corrected chi connectivity index (χ1v) is 6.17. The van der Waals surface area contributed by atoms with Crippen molar-refractivity contribution in [1.29, 1.82) is 0 Å². The fraction of sp³-hybridized carbons (Fsp3) is 0.833. The van der Waals surface area contributed by atoms with Crippen LogP contribution >= 0.6 is 0 Å². The second kappa shape index (κ2) is 5.56. The highest BCUT2D eigenvalue weighted by atomic mass is 16.4. The van der Waals surface area contributed by atoms with E-state index in [4.69, 9.17) is 5.11 Å². The van der Waals surface area contributed by atoms with Crippen LogP contribution in [0.25, 0.3) is 0 Å². The van der Waals surface area contributed by atoms with Crippen molar-refractivity contribution < 1.29 is 19.8 Å². The second-order valence-corrected chi connectivity index (χ2v) is 5.60. The summed E-state index contributed by atoms with van der Waals surface area (Å²) >= 11 is 0. The Morgan fingerprint density at radius 1 is 1.39 bits per heavy atom. The first kappa shape index (κ1) is 14.8. The predicted octanol–water partition coefficient (Wildman–Crippen LogP) is 0.652. The van der Waals surface area contributed by atoms with Crippen LogP contribution in [-0.2, 0) is 4.79 Å². The lowest BCUT2D eigenvalue weighted by Crippen LogP contribution is -2.49. The van der Waals surface area contributed by atoms with Gasteiger partial charge in [0.05, 0.1) is 18.1 Å². The number of aliphatic hydroxyl groups is 1. The van der Waals surface area contributed by atoms with Gasteiger partial charge in [0.1, 0.15) is 0 Å². The minimum Gasteiger partial charge on any atom is -0.481 e. The lowest BCUT2D eigenvalue weighted by atomic mass is 10.0. The third-order valence-electron chi connectivity index (χ3n) is 3.11. The van der Waals surface area contributed by atoms with Gasteiger partial charge in [-0.05, 0) is 26.7 Å². The van der Waals surface area contributed by atoms with Gasteiger partial charge in [0, 0.05) is 13.1 Å². The molecule has 1 aliphatic rings. The van der Waals surface area contributed by atoms with Crippen molar-refractivity contribution >= 4 is 12.0 Å². The van der Waals surface area contributed by atoms with Crippen molar-refractivity contribution in [2.24, 2.45) is 5.92 Å². The number of urea groups is 1. The summed E-state index contributed by atoms with van der Waals surface area (Å²) in [6.45, 7) is 3.43. The average Bonchev–Trinajstić information content (AvgIpc) is 2.62. The zero-order valence-corrected chi connectivity index (χ0v) is 11.1. The molecule has 2 amide bonds. The van der Waals surface area contributed by atoms with Gasteiger partial charge >= 0.3 is 12.0 Å². The summed E-state index contributed by atoms with van der Waals surface area (Å²) in [4.78, 5) is 24.2. The summed E-state index contributed by atoms with van der Waals surface area (Å²) in [7, 11) is 1.58. The summed E-state index contributed by atoms with van der Waals surface area (Å²) in [6, 6.07) is -0.644. The Morgan fingerprint density at radius 3 is 2.50 bits per heavy atom. The first-order chi connectivity index (χ1) is 8.20. The van der Waals surface area contributed by atoms with E-state index < -0.39 is 17.5 Å². The molecule has 2 unspecified atom stereocenters. The summed E-state index contributed by atoms with van der Waals surface area (Å²) in [6.07, 6.45) is 2.12. The molecule has 0 bridgehead atoms. The van der Waals surface area contributed by atoms with Crippen LogP contribution in [0.4, 0.5) is 4.79 Å². The van der Waals surface area contributed by atoms with Crippen LogP contribution in [0.2, 0.25) is 0 Å². The standard InChI is InChI=1S/C12H22N2O4/c1-12(2,18)7-14(3)11(17)13-9-6-4-5-8(9)10(15)16/h8-9,18H,4-7H2,1-3H3,(H,13,17)(H,15,16). The van der Waals surface area contributed by atoms with Crippen molar-refractivity contribution in [3.8, 4) is 0 Å². The molecule has 1 saturated carbocycles. The molecule has 18 heavy (non-hydrogen) atoms. The summed E-state index contributed by atoms with van der Waals surface area (Å²) in [5, 5.41) is 21.4. The van der Waals surface area contributed by atoms with Gasteiger partial charge in [0.25, 0.3) is 0 Å². The molecule has 1 fully saturated rings. The highest BCUT2D eigenvalue weighted by molar-refractivity contribution is 5.77. The Balaban J connectivity index is 2.51. The lowest BCUT2D eigenvalue weighted by Gasteiger charge is -2.28. The normalized spacial score (nSPS) is 23.8. The fourth-order valence-electron chi connectivity index (χ4n) is 2.35. The number of carbonyl (C=O) groups is 2. The number of likely N-dealkylation sites (N-methyl/N-ethyl adjacent to an activating group) is 1. The van der Waals surface area contributed by atoms with Crippen LogP contribution in [0.15, 0.2) is 0 Å². The minimum absolute atomic E-state index is 0.198.